The Morgan fingerprint density at radius 2 is 1.84 bits per heavy atom. The summed E-state index contributed by atoms with van der Waals surface area (Å²) in [5, 5.41) is 7.27. The lowest BCUT2D eigenvalue weighted by atomic mass is 10.2. The van der Waals surface area contributed by atoms with Crippen LogP contribution in [0.2, 0.25) is 0 Å². The predicted molar refractivity (Wildman–Crippen MR) is 94.7 cm³/mol. The summed E-state index contributed by atoms with van der Waals surface area (Å²) in [4.78, 5) is 13.7. The molecule has 0 atom stereocenters. The molecule has 9 heteroatoms. The van der Waals surface area contributed by atoms with E-state index in [1.165, 1.54) is 0 Å². The van der Waals surface area contributed by atoms with Crippen molar-refractivity contribution < 1.29 is 22.3 Å². The third kappa shape index (κ3) is 4.52. The van der Waals surface area contributed by atoms with E-state index < -0.39 is 21.2 Å². The van der Waals surface area contributed by atoms with Crippen molar-refractivity contribution in [2.24, 2.45) is 5.73 Å². The van der Waals surface area contributed by atoms with Crippen LogP contribution in [0.25, 0.3) is 0 Å². The Morgan fingerprint density at radius 3 is 2.28 bits per heavy atom. The Bertz CT molecular complexity index is 631. The van der Waals surface area contributed by atoms with Gasteiger partial charge in [-0.15, -0.1) is 0 Å². The molecule has 8 nitrogen and oxygen atoms in total. The topological polar surface area (TPSA) is 118 Å². The molecule has 2 rings (SSSR count). The highest BCUT2D eigenvalue weighted by molar-refractivity contribution is 7.85. The summed E-state index contributed by atoms with van der Waals surface area (Å²) in [6, 6.07) is 0. The van der Waals surface area contributed by atoms with Crippen molar-refractivity contribution >= 4 is 22.1 Å². The van der Waals surface area contributed by atoms with Crippen LogP contribution in [-0.4, -0.2) is 63.0 Å². The molecule has 0 aromatic carbocycles. The van der Waals surface area contributed by atoms with Gasteiger partial charge in [-0.05, 0) is 39.5 Å². The summed E-state index contributed by atoms with van der Waals surface area (Å²) in [5.74, 6) is -0.660. The lowest BCUT2D eigenvalue weighted by molar-refractivity contribution is -0.773. The average Bonchev–Trinajstić information content (AvgIpc) is 3.08. The van der Waals surface area contributed by atoms with Gasteiger partial charge in [-0.1, -0.05) is 0 Å². The van der Waals surface area contributed by atoms with E-state index >= 15 is 0 Å². The molecule has 0 aromatic rings. The zero-order valence-electron chi connectivity index (χ0n) is 15.0. The number of nitrogens with two attached hydrogens (primary N) is 1. The van der Waals surface area contributed by atoms with Gasteiger partial charge >= 0.3 is 0 Å². The van der Waals surface area contributed by atoms with Crippen LogP contribution in [0, 0.1) is 5.41 Å². The molecule has 0 radical (unpaired) electrons. The second kappa shape index (κ2) is 8.18. The van der Waals surface area contributed by atoms with Crippen LogP contribution in [0.3, 0.4) is 0 Å². The SMILES string of the molecule is CC(C)S(=O)(=O)[NH+]1CCN(/C(C=N)=C(\OC2CCCC2)C(N)=O)CC1. The Morgan fingerprint density at radius 1 is 1.28 bits per heavy atom. The molecule has 0 bridgehead atoms. The van der Waals surface area contributed by atoms with E-state index in [-0.39, 0.29) is 11.9 Å². The minimum absolute atomic E-state index is 0.0251. The number of allylic oxidation sites excluding steroid dienone is 1. The first-order chi connectivity index (χ1) is 11.8. The van der Waals surface area contributed by atoms with Crippen molar-refractivity contribution in [2.75, 3.05) is 26.2 Å². The summed E-state index contributed by atoms with van der Waals surface area (Å²) in [6.45, 7) is 5.00. The molecule has 1 saturated carbocycles. The summed E-state index contributed by atoms with van der Waals surface area (Å²) in [7, 11) is -3.22. The zero-order valence-corrected chi connectivity index (χ0v) is 15.8. The highest BCUT2D eigenvalue weighted by atomic mass is 32.2. The van der Waals surface area contributed by atoms with Gasteiger partial charge in [0.2, 0.25) is 5.76 Å². The molecule has 25 heavy (non-hydrogen) atoms. The first-order valence-corrected chi connectivity index (χ1v) is 10.4. The van der Waals surface area contributed by atoms with Gasteiger partial charge < -0.3 is 20.8 Å². The van der Waals surface area contributed by atoms with E-state index in [1.54, 1.807) is 13.8 Å². The fourth-order valence-electron chi connectivity index (χ4n) is 3.33. The highest BCUT2D eigenvalue weighted by Crippen LogP contribution is 2.24. The van der Waals surface area contributed by atoms with Crippen molar-refractivity contribution in [1.82, 2.24) is 4.90 Å². The molecule has 1 aliphatic carbocycles. The smallest absolute Gasteiger partial charge is 0.297 e. The molecule has 1 aliphatic heterocycles. The molecule has 2 aliphatic rings. The van der Waals surface area contributed by atoms with Gasteiger partial charge in [0, 0.05) is 6.21 Å². The van der Waals surface area contributed by atoms with Crippen LogP contribution < -0.4 is 10.0 Å². The minimum Gasteiger partial charge on any atom is -0.483 e. The highest BCUT2D eigenvalue weighted by Gasteiger charge is 2.34. The average molecular weight is 373 g/mol. The number of sulfonamides is 1. The maximum atomic E-state index is 12.3. The maximum absolute atomic E-state index is 12.3. The third-order valence-corrected chi connectivity index (χ3v) is 7.32. The molecule has 1 heterocycles. The lowest BCUT2D eigenvalue weighted by Crippen LogP contribution is -3.17. The largest absolute Gasteiger partial charge is 0.483 e. The van der Waals surface area contributed by atoms with Crippen LogP contribution in [0.15, 0.2) is 11.5 Å². The van der Waals surface area contributed by atoms with E-state index in [1.807, 2.05) is 4.90 Å². The van der Waals surface area contributed by atoms with Crippen LogP contribution >= 0.6 is 0 Å². The fourth-order valence-corrected chi connectivity index (χ4v) is 4.75. The van der Waals surface area contributed by atoms with Crippen LogP contribution in [0.1, 0.15) is 39.5 Å². The van der Waals surface area contributed by atoms with Crippen LogP contribution in [0.5, 0.6) is 0 Å². The number of piperazine rings is 1. The number of amides is 1. The van der Waals surface area contributed by atoms with Crippen LogP contribution in [0.4, 0.5) is 0 Å². The predicted octanol–water partition coefficient (Wildman–Crippen LogP) is -0.769. The first-order valence-electron chi connectivity index (χ1n) is 8.82. The molecule has 2 fully saturated rings. The normalized spacial score (nSPS) is 21.3. The van der Waals surface area contributed by atoms with E-state index in [4.69, 9.17) is 15.9 Å². The van der Waals surface area contributed by atoms with Gasteiger partial charge in [0.15, 0.2) is 0 Å². The number of hydrogen-bond acceptors (Lipinski definition) is 6. The number of nitrogens with zero attached hydrogens (tertiary/aromatic N) is 1. The summed E-state index contributed by atoms with van der Waals surface area (Å²) in [5.41, 5.74) is 5.83. The number of carbonyl (C=O) groups excluding carboxylic acids is 1. The molecule has 142 valence electrons. The van der Waals surface area contributed by atoms with Gasteiger partial charge in [-0.3, -0.25) is 4.79 Å². The maximum Gasteiger partial charge on any atom is 0.297 e. The summed E-state index contributed by atoms with van der Waals surface area (Å²) >= 11 is 0. The molecular formula is C16H29N4O4S+. The quantitative estimate of drug-likeness (QED) is 0.308. The summed E-state index contributed by atoms with van der Waals surface area (Å²) < 4.78 is 30.9. The van der Waals surface area contributed by atoms with Crippen molar-refractivity contribution in [3.63, 3.8) is 0 Å². The molecule has 0 unspecified atom stereocenters. The monoisotopic (exact) mass is 373 g/mol. The van der Waals surface area contributed by atoms with Gasteiger partial charge in [0.05, 0.1) is 19.2 Å². The lowest BCUT2D eigenvalue weighted by Gasteiger charge is -2.34. The second-order valence-corrected chi connectivity index (χ2v) is 9.48. The number of hydrogen-bond donors (Lipinski definition) is 3. The standard InChI is InChI=1S/C16H28N4O4S/c1-12(2)25(22,23)20-9-7-19(8-10-20)14(11-17)15(16(18)21)24-13-5-3-4-6-13/h11-13,17H,3-10H2,1-2H3,(H2,18,21)/p+1/b15-14-,17-11?. The number of rotatable bonds is 7. The van der Waals surface area contributed by atoms with Crippen LogP contribution in [-0.2, 0) is 19.6 Å². The molecule has 1 amide bonds. The van der Waals surface area contributed by atoms with Gasteiger partial charge in [0.25, 0.3) is 15.9 Å². The van der Waals surface area contributed by atoms with E-state index in [2.05, 4.69) is 0 Å². The van der Waals surface area contributed by atoms with Crippen molar-refractivity contribution in [3.8, 4) is 0 Å². The number of quaternary nitrogens is 1. The Hall–Kier alpha value is -1.61. The van der Waals surface area contributed by atoms with Crippen molar-refractivity contribution in [3.05, 3.63) is 11.5 Å². The van der Waals surface area contributed by atoms with Gasteiger partial charge in [-0.2, -0.15) is 8.42 Å². The molecule has 0 aromatic heterocycles. The van der Waals surface area contributed by atoms with E-state index in [0.29, 0.717) is 36.2 Å². The first kappa shape index (κ1) is 19.7. The molecule has 1 saturated heterocycles. The molecule has 0 spiro atoms. The number of ether oxygens (including phenoxy) is 1. The molecular weight excluding hydrogens is 344 g/mol. The van der Waals surface area contributed by atoms with E-state index in [0.717, 1.165) is 31.9 Å². The Labute approximate surface area is 149 Å². The van der Waals surface area contributed by atoms with Crippen molar-refractivity contribution in [2.45, 2.75) is 50.9 Å². The van der Waals surface area contributed by atoms with Gasteiger partial charge in [-0.25, -0.2) is 4.31 Å². The fraction of sp³-hybridized carbons (Fsp3) is 0.750. The zero-order chi connectivity index (χ0) is 18.6. The Balaban J connectivity index is 2.14. The number of carbonyl (C=O) groups is 1. The number of primary amides is 1. The third-order valence-electron chi connectivity index (χ3n) is 4.86. The second-order valence-electron chi connectivity index (χ2n) is 6.87. The van der Waals surface area contributed by atoms with E-state index in [9.17, 15) is 13.2 Å². The molecule has 4 N–H and O–H groups in total. The summed E-state index contributed by atoms with van der Waals surface area (Å²) in [6.07, 6.45) is 4.93. The minimum atomic E-state index is -3.22. The number of nitrogens with one attached hydrogen (secondary N) is 2. The van der Waals surface area contributed by atoms with Gasteiger partial charge in [0.1, 0.15) is 24.0 Å². The van der Waals surface area contributed by atoms with Crippen molar-refractivity contribution in [1.29, 1.82) is 5.41 Å². The Kier molecular flexibility index (Phi) is 6.45.